The lowest BCUT2D eigenvalue weighted by molar-refractivity contribution is -0.117. The number of anilines is 2. The van der Waals surface area contributed by atoms with Crippen LogP contribution in [0.3, 0.4) is 0 Å². The number of hydrogen-bond acceptors (Lipinski definition) is 3. The summed E-state index contributed by atoms with van der Waals surface area (Å²) in [6, 6.07) is 8.89. The monoisotopic (exact) mass is 346 g/mol. The summed E-state index contributed by atoms with van der Waals surface area (Å²) in [7, 11) is -2.07. The normalized spacial score (nSPS) is 16.5. The molecule has 0 saturated carbocycles. The third-order valence-corrected chi connectivity index (χ3v) is 6.42. The van der Waals surface area contributed by atoms with E-state index >= 15 is 0 Å². The minimum Gasteiger partial charge on any atom is -0.315 e. The molecule has 0 unspecified atom stereocenters. The van der Waals surface area contributed by atoms with Gasteiger partial charge in [-0.2, -0.15) is 0 Å². The number of sulfonamides is 1. The maximum absolute atomic E-state index is 13.3. The van der Waals surface area contributed by atoms with E-state index in [0.717, 1.165) is 5.69 Å². The summed E-state index contributed by atoms with van der Waals surface area (Å²) in [4.78, 5) is 13.5. The third-order valence-electron chi connectivity index (χ3n) is 4.61. The zero-order chi connectivity index (χ0) is 17.1. The van der Waals surface area contributed by atoms with Gasteiger partial charge >= 0.3 is 0 Å². The van der Waals surface area contributed by atoms with Gasteiger partial charge in [0.2, 0.25) is 5.91 Å². The Morgan fingerprint density at radius 3 is 2.58 bits per heavy atom. The average molecular weight is 346 g/mol. The van der Waals surface area contributed by atoms with Gasteiger partial charge < -0.3 is 4.90 Å². The van der Waals surface area contributed by atoms with Crippen LogP contribution < -0.4 is 9.21 Å². The second-order valence-corrected chi connectivity index (χ2v) is 7.88. The number of benzene rings is 2. The predicted octanol–water partition coefficient (Wildman–Crippen LogP) is 2.10. The van der Waals surface area contributed by atoms with Crippen LogP contribution >= 0.6 is 0 Å². The van der Waals surface area contributed by atoms with E-state index in [1.165, 1.54) is 33.5 Å². The molecule has 2 aromatic rings. The van der Waals surface area contributed by atoms with Crippen molar-refractivity contribution in [1.82, 2.24) is 0 Å². The molecule has 2 aliphatic rings. The standard InChI is InChI=1S/C17H15FN2O3S/c1-19-15-5-3-14(9-12(15)10-17(19)21)24(22,23)20-7-6-11-8-13(18)2-4-16(11)20/h2-5,8-9H,6-7,10H2,1H3. The lowest BCUT2D eigenvalue weighted by Crippen LogP contribution is -2.29. The molecule has 7 heteroatoms. The van der Waals surface area contributed by atoms with Crippen LogP contribution in [0.2, 0.25) is 0 Å². The van der Waals surface area contributed by atoms with Gasteiger partial charge in [-0.25, -0.2) is 12.8 Å². The van der Waals surface area contributed by atoms with Gasteiger partial charge in [0.15, 0.2) is 0 Å². The highest BCUT2D eigenvalue weighted by Gasteiger charge is 2.33. The van der Waals surface area contributed by atoms with Gasteiger partial charge in [-0.05, 0) is 53.9 Å². The van der Waals surface area contributed by atoms with Crippen molar-refractivity contribution in [2.75, 3.05) is 22.8 Å². The van der Waals surface area contributed by atoms with E-state index in [1.807, 2.05) is 0 Å². The molecule has 0 N–H and O–H groups in total. The maximum atomic E-state index is 13.3. The van der Waals surface area contributed by atoms with Crippen molar-refractivity contribution < 1.29 is 17.6 Å². The Morgan fingerprint density at radius 1 is 1.04 bits per heavy atom. The fraction of sp³-hybridized carbons (Fsp3) is 0.235. The fourth-order valence-electron chi connectivity index (χ4n) is 3.32. The van der Waals surface area contributed by atoms with Gasteiger partial charge in [-0.1, -0.05) is 0 Å². The lowest BCUT2D eigenvalue weighted by Gasteiger charge is -2.20. The molecule has 0 aromatic heterocycles. The molecule has 4 rings (SSSR count). The topological polar surface area (TPSA) is 57.7 Å². The summed E-state index contributed by atoms with van der Waals surface area (Å²) < 4.78 is 40.6. The van der Waals surface area contributed by atoms with E-state index in [9.17, 15) is 17.6 Å². The van der Waals surface area contributed by atoms with Crippen LogP contribution in [-0.4, -0.2) is 27.9 Å². The molecule has 0 fully saturated rings. The number of carbonyl (C=O) groups excluding carboxylic acids is 1. The Kier molecular flexibility index (Phi) is 3.18. The minimum absolute atomic E-state index is 0.0541. The molecule has 0 bridgehead atoms. The smallest absolute Gasteiger partial charge is 0.264 e. The number of rotatable bonds is 2. The minimum atomic E-state index is -3.74. The second-order valence-electron chi connectivity index (χ2n) is 6.02. The molecule has 124 valence electrons. The number of hydrogen-bond donors (Lipinski definition) is 0. The van der Waals surface area contributed by atoms with E-state index in [2.05, 4.69) is 0 Å². The first-order chi connectivity index (χ1) is 11.4. The van der Waals surface area contributed by atoms with E-state index in [4.69, 9.17) is 0 Å². The van der Waals surface area contributed by atoms with E-state index in [0.29, 0.717) is 23.2 Å². The molecule has 2 heterocycles. The van der Waals surface area contributed by atoms with Gasteiger partial charge in [-0.15, -0.1) is 0 Å². The number of nitrogens with zero attached hydrogens (tertiary/aromatic N) is 2. The molecule has 2 aliphatic heterocycles. The van der Waals surface area contributed by atoms with E-state index < -0.39 is 10.0 Å². The zero-order valence-corrected chi connectivity index (χ0v) is 13.8. The van der Waals surface area contributed by atoms with Gasteiger partial charge in [0.1, 0.15) is 5.82 Å². The SMILES string of the molecule is CN1C(=O)Cc2cc(S(=O)(=O)N3CCc4cc(F)ccc43)ccc21. The number of carbonyl (C=O) groups is 1. The number of amides is 1. The first kappa shape index (κ1) is 15.1. The Balaban J connectivity index is 1.76. The van der Waals surface area contributed by atoms with Crippen LogP contribution in [0.1, 0.15) is 11.1 Å². The van der Waals surface area contributed by atoms with Crippen LogP contribution in [0.15, 0.2) is 41.3 Å². The summed E-state index contributed by atoms with van der Waals surface area (Å²) in [6.07, 6.45) is 0.690. The number of halogens is 1. The average Bonchev–Trinajstić information content (AvgIpc) is 3.08. The molecular formula is C17H15FN2O3S. The van der Waals surface area contributed by atoms with Gasteiger partial charge in [0, 0.05) is 19.3 Å². The molecule has 1 amide bonds. The first-order valence-corrected chi connectivity index (χ1v) is 9.02. The van der Waals surface area contributed by atoms with E-state index in [-0.39, 0.29) is 29.6 Å². The Bertz CT molecular complexity index is 972. The summed E-state index contributed by atoms with van der Waals surface area (Å²) in [6.45, 7) is 0.289. The second kappa shape index (κ2) is 5.04. The number of likely N-dealkylation sites (N-methyl/N-ethyl adjacent to an activating group) is 1. The van der Waals surface area contributed by atoms with Gasteiger partial charge in [-0.3, -0.25) is 9.10 Å². The van der Waals surface area contributed by atoms with Crippen LogP contribution in [0.4, 0.5) is 15.8 Å². The van der Waals surface area contributed by atoms with Crippen LogP contribution in [0, 0.1) is 5.82 Å². The first-order valence-electron chi connectivity index (χ1n) is 7.58. The van der Waals surface area contributed by atoms with Gasteiger partial charge in [0.25, 0.3) is 10.0 Å². The summed E-state index contributed by atoms with van der Waals surface area (Å²) in [5, 5.41) is 0. The molecule has 2 aromatic carbocycles. The Labute approximate surface area is 139 Å². The summed E-state index contributed by atoms with van der Waals surface area (Å²) >= 11 is 0. The predicted molar refractivity (Wildman–Crippen MR) is 88.2 cm³/mol. The van der Waals surface area contributed by atoms with Crippen molar-refractivity contribution in [3.63, 3.8) is 0 Å². The molecule has 0 spiro atoms. The molecule has 0 aliphatic carbocycles. The molecule has 24 heavy (non-hydrogen) atoms. The molecule has 0 saturated heterocycles. The molecule has 0 radical (unpaired) electrons. The highest BCUT2D eigenvalue weighted by Crippen LogP contribution is 2.35. The summed E-state index contributed by atoms with van der Waals surface area (Å²) in [5.41, 5.74) is 2.66. The van der Waals surface area contributed by atoms with Crippen molar-refractivity contribution >= 4 is 27.3 Å². The van der Waals surface area contributed by atoms with E-state index in [1.54, 1.807) is 19.2 Å². The van der Waals surface area contributed by atoms with Crippen molar-refractivity contribution in [3.8, 4) is 0 Å². The van der Waals surface area contributed by atoms with Crippen LogP contribution in [0.5, 0.6) is 0 Å². The molecular weight excluding hydrogens is 331 g/mol. The zero-order valence-electron chi connectivity index (χ0n) is 13.0. The quantitative estimate of drug-likeness (QED) is 0.837. The highest BCUT2D eigenvalue weighted by atomic mass is 32.2. The van der Waals surface area contributed by atoms with Crippen molar-refractivity contribution in [1.29, 1.82) is 0 Å². The van der Waals surface area contributed by atoms with Crippen molar-refractivity contribution in [2.45, 2.75) is 17.7 Å². The highest BCUT2D eigenvalue weighted by molar-refractivity contribution is 7.92. The van der Waals surface area contributed by atoms with Crippen molar-refractivity contribution in [3.05, 3.63) is 53.3 Å². The largest absolute Gasteiger partial charge is 0.315 e. The lowest BCUT2D eigenvalue weighted by atomic mass is 10.2. The van der Waals surface area contributed by atoms with Crippen LogP contribution in [-0.2, 0) is 27.7 Å². The van der Waals surface area contributed by atoms with Gasteiger partial charge in [0.05, 0.1) is 17.0 Å². The van der Waals surface area contributed by atoms with Crippen LogP contribution in [0.25, 0.3) is 0 Å². The summed E-state index contributed by atoms with van der Waals surface area (Å²) in [5.74, 6) is -0.423. The third kappa shape index (κ3) is 2.11. The maximum Gasteiger partial charge on any atom is 0.264 e. The fourth-order valence-corrected chi connectivity index (χ4v) is 4.88. The number of fused-ring (bicyclic) bond motifs is 2. The molecule has 5 nitrogen and oxygen atoms in total. The molecule has 0 atom stereocenters. The van der Waals surface area contributed by atoms with Crippen molar-refractivity contribution in [2.24, 2.45) is 0 Å². The Morgan fingerprint density at radius 2 is 1.79 bits per heavy atom. The Hall–Kier alpha value is -2.41.